The molecule has 142 valence electrons. The molecule has 0 spiro atoms. The fourth-order valence-corrected chi connectivity index (χ4v) is 4.00. The highest BCUT2D eigenvalue weighted by atomic mass is 16.5. The van der Waals surface area contributed by atoms with Crippen molar-refractivity contribution in [2.24, 2.45) is 5.92 Å². The Hall–Kier alpha value is -1.85. The Morgan fingerprint density at radius 2 is 2.19 bits per heavy atom. The average molecular weight is 357 g/mol. The molecule has 1 unspecified atom stereocenters. The first-order valence-corrected chi connectivity index (χ1v) is 9.67. The third-order valence-electron chi connectivity index (χ3n) is 5.42. The molecule has 1 fully saturated rings. The van der Waals surface area contributed by atoms with Gasteiger partial charge in [-0.1, -0.05) is 18.2 Å². The van der Waals surface area contributed by atoms with Gasteiger partial charge in [-0.05, 0) is 57.3 Å². The van der Waals surface area contributed by atoms with Gasteiger partial charge < -0.3 is 19.5 Å². The predicted molar refractivity (Wildman–Crippen MR) is 106 cm³/mol. The average Bonchev–Trinajstić information content (AvgIpc) is 3.05. The van der Waals surface area contributed by atoms with Crippen molar-refractivity contribution in [3.05, 3.63) is 47.5 Å². The third kappa shape index (κ3) is 5.08. The highest BCUT2D eigenvalue weighted by Gasteiger charge is 2.21. The quantitative estimate of drug-likeness (QED) is 0.789. The van der Waals surface area contributed by atoms with E-state index in [9.17, 15) is 0 Å². The summed E-state index contributed by atoms with van der Waals surface area (Å²) in [6.45, 7) is 7.67. The molecule has 1 N–H and O–H groups in total. The second-order valence-electron chi connectivity index (χ2n) is 7.54. The highest BCUT2D eigenvalue weighted by Crippen LogP contribution is 2.21. The molecular formula is C21H32N4O. The number of H-pyrrole nitrogens is 1. The molecule has 2 heterocycles. The lowest BCUT2D eigenvalue weighted by molar-refractivity contribution is 0.141. The van der Waals surface area contributed by atoms with Crippen molar-refractivity contribution in [3.63, 3.8) is 0 Å². The first kappa shape index (κ1) is 18.9. The number of ether oxygens (including phenoxy) is 1. The predicted octanol–water partition coefficient (Wildman–Crippen LogP) is 3.11. The fraction of sp³-hybridized carbons (Fsp3) is 0.571. The SMILES string of the molecule is COc1ccccc1CCN1CCCC(CN(C)Cc2nc[nH]c2C)C1. The summed E-state index contributed by atoms with van der Waals surface area (Å²) in [5.41, 5.74) is 3.65. The molecule has 1 aromatic carbocycles. The second kappa shape index (κ2) is 9.19. The fourth-order valence-electron chi connectivity index (χ4n) is 4.00. The van der Waals surface area contributed by atoms with Crippen LogP contribution in [0.1, 0.15) is 29.8 Å². The first-order valence-electron chi connectivity index (χ1n) is 9.67. The Bertz CT molecular complexity index is 684. The summed E-state index contributed by atoms with van der Waals surface area (Å²) < 4.78 is 5.48. The van der Waals surface area contributed by atoms with Gasteiger partial charge in [0.15, 0.2) is 0 Å². The van der Waals surface area contributed by atoms with E-state index in [1.807, 2.05) is 6.07 Å². The third-order valence-corrected chi connectivity index (χ3v) is 5.42. The Morgan fingerprint density at radius 1 is 1.35 bits per heavy atom. The molecule has 0 amide bonds. The molecule has 1 aliphatic heterocycles. The number of hydrogen-bond acceptors (Lipinski definition) is 4. The molecule has 3 rings (SSSR count). The van der Waals surface area contributed by atoms with E-state index in [4.69, 9.17) is 4.74 Å². The van der Waals surface area contributed by atoms with E-state index in [0.717, 1.165) is 43.4 Å². The van der Waals surface area contributed by atoms with E-state index in [-0.39, 0.29) is 0 Å². The van der Waals surface area contributed by atoms with Crippen molar-refractivity contribution in [2.75, 3.05) is 40.3 Å². The number of aryl methyl sites for hydroxylation is 1. The van der Waals surface area contributed by atoms with Gasteiger partial charge in [-0.25, -0.2) is 4.98 Å². The molecule has 0 aliphatic carbocycles. The lowest BCUT2D eigenvalue weighted by Gasteiger charge is -2.34. The minimum atomic E-state index is 0.741. The van der Waals surface area contributed by atoms with Crippen molar-refractivity contribution in [2.45, 2.75) is 32.7 Å². The van der Waals surface area contributed by atoms with Crippen LogP contribution in [0.5, 0.6) is 5.75 Å². The molecule has 1 saturated heterocycles. The highest BCUT2D eigenvalue weighted by molar-refractivity contribution is 5.33. The zero-order chi connectivity index (χ0) is 18.4. The molecular weight excluding hydrogens is 324 g/mol. The van der Waals surface area contributed by atoms with E-state index in [2.05, 4.69) is 51.9 Å². The smallest absolute Gasteiger partial charge is 0.122 e. The Morgan fingerprint density at radius 3 is 2.96 bits per heavy atom. The van der Waals surface area contributed by atoms with Crippen molar-refractivity contribution >= 4 is 0 Å². The van der Waals surface area contributed by atoms with Crippen molar-refractivity contribution in [1.82, 2.24) is 19.8 Å². The number of methoxy groups -OCH3 is 1. The maximum atomic E-state index is 5.48. The number of hydrogen-bond donors (Lipinski definition) is 1. The summed E-state index contributed by atoms with van der Waals surface area (Å²) in [6.07, 6.45) is 5.47. The zero-order valence-electron chi connectivity index (χ0n) is 16.4. The number of piperidine rings is 1. The number of nitrogens with one attached hydrogen (secondary N) is 1. The Balaban J connectivity index is 1.47. The lowest BCUT2D eigenvalue weighted by Crippen LogP contribution is -2.40. The molecule has 1 aromatic heterocycles. The molecule has 5 heteroatoms. The number of para-hydroxylation sites is 1. The van der Waals surface area contributed by atoms with Gasteiger partial charge in [0, 0.05) is 31.9 Å². The van der Waals surface area contributed by atoms with Crippen LogP contribution < -0.4 is 4.74 Å². The second-order valence-corrected chi connectivity index (χ2v) is 7.54. The van der Waals surface area contributed by atoms with Crippen molar-refractivity contribution in [1.29, 1.82) is 0 Å². The zero-order valence-corrected chi connectivity index (χ0v) is 16.4. The molecule has 0 saturated carbocycles. The van der Waals surface area contributed by atoms with Crippen molar-refractivity contribution in [3.8, 4) is 5.75 Å². The van der Waals surface area contributed by atoms with E-state index in [1.165, 1.54) is 37.2 Å². The van der Waals surface area contributed by atoms with Crippen LogP contribution in [0.4, 0.5) is 0 Å². The minimum absolute atomic E-state index is 0.741. The molecule has 1 aliphatic rings. The number of rotatable bonds is 8. The topological polar surface area (TPSA) is 44.4 Å². The van der Waals surface area contributed by atoms with Gasteiger partial charge in [-0.15, -0.1) is 0 Å². The Kier molecular flexibility index (Phi) is 6.69. The van der Waals surface area contributed by atoms with Gasteiger partial charge in [-0.3, -0.25) is 0 Å². The molecule has 0 radical (unpaired) electrons. The number of likely N-dealkylation sites (tertiary alicyclic amines) is 1. The first-order chi connectivity index (χ1) is 12.7. The van der Waals surface area contributed by atoms with E-state index in [1.54, 1.807) is 13.4 Å². The van der Waals surface area contributed by atoms with Crippen LogP contribution in [0.2, 0.25) is 0 Å². The standard InChI is InChI=1S/C21H32N4O/c1-17-20(23-16-22-17)15-24(2)13-18-7-6-11-25(14-18)12-10-19-8-4-5-9-21(19)26-3/h4-5,8-9,16,18H,6-7,10-15H2,1-3H3,(H,22,23). The number of benzene rings is 1. The number of aromatic amines is 1. The summed E-state index contributed by atoms with van der Waals surface area (Å²) in [4.78, 5) is 12.6. The monoisotopic (exact) mass is 356 g/mol. The summed E-state index contributed by atoms with van der Waals surface area (Å²) in [5, 5.41) is 0. The number of imidazole rings is 1. The summed E-state index contributed by atoms with van der Waals surface area (Å²) in [7, 11) is 3.97. The molecule has 5 nitrogen and oxygen atoms in total. The maximum Gasteiger partial charge on any atom is 0.122 e. The van der Waals surface area contributed by atoms with Crippen molar-refractivity contribution < 1.29 is 4.74 Å². The minimum Gasteiger partial charge on any atom is -0.496 e. The molecule has 2 aromatic rings. The maximum absolute atomic E-state index is 5.48. The van der Waals surface area contributed by atoms with Gasteiger partial charge >= 0.3 is 0 Å². The molecule has 26 heavy (non-hydrogen) atoms. The Labute approximate surface area is 157 Å². The van der Waals surface area contributed by atoms with Crippen LogP contribution >= 0.6 is 0 Å². The largest absolute Gasteiger partial charge is 0.496 e. The van der Waals surface area contributed by atoms with Gasteiger partial charge in [0.1, 0.15) is 5.75 Å². The van der Waals surface area contributed by atoms with E-state index < -0.39 is 0 Å². The van der Waals surface area contributed by atoms with E-state index >= 15 is 0 Å². The van der Waals surface area contributed by atoms with Crippen LogP contribution in [0, 0.1) is 12.8 Å². The van der Waals surface area contributed by atoms with Crippen LogP contribution in [-0.4, -0.2) is 60.1 Å². The van der Waals surface area contributed by atoms with Crippen LogP contribution in [0.15, 0.2) is 30.6 Å². The van der Waals surface area contributed by atoms with Gasteiger partial charge in [0.2, 0.25) is 0 Å². The number of aromatic nitrogens is 2. The molecule has 1 atom stereocenters. The van der Waals surface area contributed by atoms with Gasteiger partial charge in [0.25, 0.3) is 0 Å². The molecule has 0 bridgehead atoms. The summed E-state index contributed by atoms with van der Waals surface area (Å²) in [5.74, 6) is 1.75. The van der Waals surface area contributed by atoms with Crippen LogP contribution in [0.25, 0.3) is 0 Å². The summed E-state index contributed by atoms with van der Waals surface area (Å²) in [6, 6.07) is 8.37. The van der Waals surface area contributed by atoms with Crippen LogP contribution in [-0.2, 0) is 13.0 Å². The van der Waals surface area contributed by atoms with E-state index in [0.29, 0.717) is 0 Å². The van der Waals surface area contributed by atoms with Crippen LogP contribution in [0.3, 0.4) is 0 Å². The lowest BCUT2D eigenvalue weighted by atomic mass is 9.97. The van der Waals surface area contributed by atoms with Gasteiger partial charge in [0.05, 0.1) is 19.1 Å². The summed E-state index contributed by atoms with van der Waals surface area (Å²) >= 11 is 0. The van der Waals surface area contributed by atoms with Gasteiger partial charge in [-0.2, -0.15) is 0 Å². The normalized spacial score (nSPS) is 18.4. The number of nitrogens with zero attached hydrogens (tertiary/aromatic N) is 3.